The van der Waals surface area contributed by atoms with Crippen LogP contribution in [0.15, 0.2) is 36.4 Å². The molecule has 0 aromatic heterocycles. The highest BCUT2D eigenvalue weighted by Gasteiger charge is 2.08. The first-order valence-electron chi connectivity index (χ1n) is 6.58. The fourth-order valence-corrected chi connectivity index (χ4v) is 1.97. The Bertz CT molecular complexity index is 582. The molecule has 2 aromatic rings. The summed E-state index contributed by atoms with van der Waals surface area (Å²) in [6.45, 7) is 2.75. The third kappa shape index (κ3) is 3.20. The zero-order valence-corrected chi connectivity index (χ0v) is 11.7. The molecule has 0 spiro atoms. The van der Waals surface area contributed by atoms with Gasteiger partial charge in [0.15, 0.2) is 11.6 Å². The maximum Gasteiger partial charge on any atom is 0.167 e. The normalized spacial score (nSPS) is 10.3. The fraction of sp³-hybridized carbons (Fsp3) is 0.250. The number of halogens is 1. The molecule has 0 radical (unpaired) electrons. The lowest BCUT2D eigenvalue weighted by Gasteiger charge is -2.12. The van der Waals surface area contributed by atoms with E-state index in [1.165, 1.54) is 18.7 Å². The number of methoxy groups -OCH3 is 1. The minimum atomic E-state index is -0.456. The van der Waals surface area contributed by atoms with Crippen LogP contribution >= 0.6 is 0 Å². The van der Waals surface area contributed by atoms with Crippen molar-refractivity contribution in [2.75, 3.05) is 18.2 Å². The summed E-state index contributed by atoms with van der Waals surface area (Å²) < 4.78 is 18.4. The van der Waals surface area contributed by atoms with Crippen molar-refractivity contribution in [3.63, 3.8) is 0 Å². The molecular weight excluding hydrogens is 255 g/mol. The Morgan fingerprint density at radius 3 is 2.40 bits per heavy atom. The van der Waals surface area contributed by atoms with Gasteiger partial charge in [-0.1, -0.05) is 31.2 Å². The molecule has 0 fully saturated rings. The minimum Gasteiger partial charge on any atom is -0.494 e. The number of benzene rings is 2. The van der Waals surface area contributed by atoms with E-state index < -0.39 is 5.82 Å². The van der Waals surface area contributed by atoms with Gasteiger partial charge in [-0.05, 0) is 17.5 Å². The van der Waals surface area contributed by atoms with Crippen LogP contribution < -0.4 is 15.8 Å². The smallest absolute Gasteiger partial charge is 0.167 e. The van der Waals surface area contributed by atoms with E-state index in [-0.39, 0.29) is 5.75 Å². The Balaban J connectivity index is 2.09. The third-order valence-corrected chi connectivity index (χ3v) is 3.24. The molecule has 0 saturated heterocycles. The number of nitrogens with two attached hydrogens (primary N) is 1. The van der Waals surface area contributed by atoms with E-state index in [0.717, 1.165) is 12.0 Å². The van der Waals surface area contributed by atoms with Gasteiger partial charge in [0.2, 0.25) is 0 Å². The number of anilines is 2. The highest BCUT2D eigenvalue weighted by Crippen LogP contribution is 2.28. The van der Waals surface area contributed by atoms with Crippen LogP contribution in [0.2, 0.25) is 0 Å². The number of nitrogens with one attached hydrogen (secondary N) is 1. The molecule has 3 nitrogen and oxygen atoms in total. The van der Waals surface area contributed by atoms with Crippen molar-refractivity contribution < 1.29 is 9.13 Å². The van der Waals surface area contributed by atoms with E-state index >= 15 is 0 Å². The first kappa shape index (κ1) is 14.2. The average molecular weight is 274 g/mol. The lowest BCUT2D eigenvalue weighted by Crippen LogP contribution is -2.04. The Labute approximate surface area is 118 Å². The largest absolute Gasteiger partial charge is 0.494 e. The molecule has 0 aliphatic rings. The summed E-state index contributed by atoms with van der Waals surface area (Å²) in [5, 5.41) is 3.20. The standard InChI is InChI=1S/C16H19FN2O/c1-3-11-4-6-12(7-5-11)10-19-15-9-16(20-2)13(17)8-14(15)18/h4-9,19H,3,10,18H2,1-2H3. The Kier molecular flexibility index (Phi) is 4.45. The van der Waals surface area contributed by atoms with Gasteiger partial charge in [-0.15, -0.1) is 0 Å². The topological polar surface area (TPSA) is 47.3 Å². The Morgan fingerprint density at radius 1 is 1.15 bits per heavy atom. The van der Waals surface area contributed by atoms with E-state index in [1.54, 1.807) is 6.07 Å². The van der Waals surface area contributed by atoms with Gasteiger partial charge < -0.3 is 15.8 Å². The van der Waals surface area contributed by atoms with E-state index in [9.17, 15) is 4.39 Å². The molecule has 0 unspecified atom stereocenters. The summed E-state index contributed by atoms with van der Waals surface area (Å²) >= 11 is 0. The van der Waals surface area contributed by atoms with E-state index in [2.05, 4.69) is 36.5 Å². The predicted molar refractivity (Wildman–Crippen MR) is 80.5 cm³/mol. The number of hydrogen-bond donors (Lipinski definition) is 2. The van der Waals surface area contributed by atoms with Gasteiger partial charge in [0.05, 0.1) is 18.5 Å². The quantitative estimate of drug-likeness (QED) is 0.819. The molecule has 20 heavy (non-hydrogen) atoms. The minimum absolute atomic E-state index is 0.183. The third-order valence-electron chi connectivity index (χ3n) is 3.24. The van der Waals surface area contributed by atoms with Gasteiger partial charge in [-0.2, -0.15) is 0 Å². The SMILES string of the molecule is CCc1ccc(CNc2cc(OC)c(F)cc2N)cc1. The first-order valence-corrected chi connectivity index (χ1v) is 6.58. The van der Waals surface area contributed by atoms with Crippen molar-refractivity contribution in [2.24, 2.45) is 0 Å². The molecule has 0 aliphatic heterocycles. The molecule has 0 aliphatic carbocycles. The number of nitrogen functional groups attached to an aromatic ring is 1. The number of aryl methyl sites for hydroxylation is 1. The van der Waals surface area contributed by atoms with Crippen LogP contribution in [-0.4, -0.2) is 7.11 Å². The van der Waals surface area contributed by atoms with Crippen LogP contribution in [0.1, 0.15) is 18.1 Å². The van der Waals surface area contributed by atoms with Gasteiger partial charge >= 0.3 is 0 Å². The molecule has 4 heteroatoms. The first-order chi connectivity index (χ1) is 9.63. The monoisotopic (exact) mass is 274 g/mol. The summed E-state index contributed by atoms with van der Waals surface area (Å²) in [5.74, 6) is -0.272. The van der Waals surface area contributed by atoms with Crippen LogP contribution in [0, 0.1) is 5.82 Å². The summed E-state index contributed by atoms with van der Waals surface area (Å²) in [6, 6.07) is 11.2. The van der Waals surface area contributed by atoms with Crippen molar-refractivity contribution in [3.8, 4) is 5.75 Å². The zero-order valence-electron chi connectivity index (χ0n) is 11.7. The molecule has 0 atom stereocenters. The molecular formula is C16H19FN2O. The van der Waals surface area contributed by atoms with E-state index in [1.807, 2.05) is 0 Å². The fourth-order valence-electron chi connectivity index (χ4n) is 1.97. The molecule has 2 rings (SSSR count). The van der Waals surface area contributed by atoms with Crippen molar-refractivity contribution in [1.29, 1.82) is 0 Å². The van der Waals surface area contributed by atoms with Crippen molar-refractivity contribution in [1.82, 2.24) is 0 Å². The van der Waals surface area contributed by atoms with Gasteiger partial charge in [0, 0.05) is 18.7 Å². The highest BCUT2D eigenvalue weighted by molar-refractivity contribution is 5.68. The van der Waals surface area contributed by atoms with Crippen molar-refractivity contribution >= 4 is 11.4 Å². The second kappa shape index (κ2) is 6.28. The van der Waals surface area contributed by atoms with Crippen LogP contribution in [0.5, 0.6) is 5.75 Å². The molecule has 106 valence electrons. The molecule has 3 N–H and O–H groups in total. The summed E-state index contributed by atoms with van der Waals surface area (Å²) in [4.78, 5) is 0. The second-order valence-corrected chi connectivity index (χ2v) is 4.60. The molecule has 0 heterocycles. The lowest BCUT2D eigenvalue weighted by atomic mass is 10.1. The predicted octanol–water partition coefficient (Wildman–Crippen LogP) is 3.59. The molecule has 0 bridgehead atoms. The Hall–Kier alpha value is -2.23. The number of ether oxygens (including phenoxy) is 1. The molecule has 0 amide bonds. The van der Waals surface area contributed by atoms with Crippen molar-refractivity contribution in [2.45, 2.75) is 19.9 Å². The van der Waals surface area contributed by atoms with Crippen LogP contribution in [0.3, 0.4) is 0 Å². The van der Waals surface area contributed by atoms with Crippen molar-refractivity contribution in [3.05, 3.63) is 53.3 Å². The molecule has 0 saturated carbocycles. The Morgan fingerprint density at radius 2 is 1.80 bits per heavy atom. The van der Waals surface area contributed by atoms with Crippen LogP contribution in [0.4, 0.5) is 15.8 Å². The second-order valence-electron chi connectivity index (χ2n) is 4.60. The van der Waals surface area contributed by atoms with E-state index in [0.29, 0.717) is 17.9 Å². The van der Waals surface area contributed by atoms with Crippen LogP contribution in [-0.2, 0) is 13.0 Å². The summed E-state index contributed by atoms with van der Waals surface area (Å²) in [6.07, 6.45) is 1.02. The van der Waals surface area contributed by atoms with E-state index in [4.69, 9.17) is 10.5 Å². The van der Waals surface area contributed by atoms with Gasteiger partial charge in [-0.25, -0.2) is 4.39 Å². The maximum atomic E-state index is 13.4. The summed E-state index contributed by atoms with van der Waals surface area (Å²) in [5.41, 5.74) is 9.28. The maximum absolute atomic E-state index is 13.4. The lowest BCUT2D eigenvalue weighted by molar-refractivity contribution is 0.387. The van der Waals surface area contributed by atoms with Gasteiger partial charge in [0.1, 0.15) is 0 Å². The highest BCUT2D eigenvalue weighted by atomic mass is 19.1. The van der Waals surface area contributed by atoms with Gasteiger partial charge in [0.25, 0.3) is 0 Å². The van der Waals surface area contributed by atoms with Gasteiger partial charge in [-0.3, -0.25) is 0 Å². The zero-order chi connectivity index (χ0) is 14.5. The average Bonchev–Trinajstić information content (AvgIpc) is 2.47. The summed E-state index contributed by atoms with van der Waals surface area (Å²) in [7, 11) is 1.43. The number of rotatable bonds is 5. The molecule has 2 aromatic carbocycles. The van der Waals surface area contributed by atoms with Crippen LogP contribution in [0.25, 0.3) is 0 Å². The number of hydrogen-bond acceptors (Lipinski definition) is 3.